The first-order valence-corrected chi connectivity index (χ1v) is 9.53. The lowest BCUT2D eigenvalue weighted by Gasteiger charge is -2.16. The van der Waals surface area contributed by atoms with Gasteiger partial charge in [-0.25, -0.2) is 4.39 Å². The summed E-state index contributed by atoms with van der Waals surface area (Å²) in [6.45, 7) is 3.46. The Morgan fingerprint density at radius 3 is 2.55 bits per heavy atom. The molecule has 1 unspecified atom stereocenters. The fraction of sp³-hybridized carbons (Fsp3) is 0.182. The van der Waals surface area contributed by atoms with Crippen molar-refractivity contribution in [1.29, 1.82) is 0 Å². The summed E-state index contributed by atoms with van der Waals surface area (Å²) >= 11 is 0. The highest BCUT2D eigenvalue weighted by atomic mass is 19.1. The van der Waals surface area contributed by atoms with Crippen LogP contribution in [-0.2, 0) is 4.79 Å². The lowest BCUT2D eigenvalue weighted by Crippen LogP contribution is -2.31. The molecule has 1 aliphatic heterocycles. The molecule has 0 radical (unpaired) electrons. The van der Waals surface area contributed by atoms with Gasteiger partial charge in [-0.15, -0.1) is 0 Å². The maximum absolute atomic E-state index is 14.2. The number of fused-ring (bicyclic) bond motifs is 1. The third kappa shape index (κ3) is 4.45. The number of nitrogens with one attached hydrogen (secondary N) is 3. The largest absolute Gasteiger partial charge is 0.469 e. The molecule has 9 heteroatoms. The van der Waals surface area contributed by atoms with Crippen LogP contribution in [0.4, 0.5) is 21.5 Å². The fourth-order valence-corrected chi connectivity index (χ4v) is 3.06. The van der Waals surface area contributed by atoms with E-state index in [0.29, 0.717) is 34.2 Å². The van der Waals surface area contributed by atoms with Crippen LogP contribution in [0.3, 0.4) is 0 Å². The van der Waals surface area contributed by atoms with Crippen molar-refractivity contribution in [2.75, 3.05) is 22.7 Å². The van der Waals surface area contributed by atoms with Gasteiger partial charge in [0.1, 0.15) is 17.6 Å². The lowest BCUT2D eigenvalue weighted by molar-refractivity contribution is -0.116. The van der Waals surface area contributed by atoms with Gasteiger partial charge < -0.3 is 29.8 Å². The smallest absolute Gasteiger partial charge is 0.259 e. The van der Waals surface area contributed by atoms with E-state index < -0.39 is 17.8 Å². The van der Waals surface area contributed by atoms with Gasteiger partial charge in [-0.1, -0.05) is 0 Å². The van der Waals surface area contributed by atoms with Crippen molar-refractivity contribution in [2.45, 2.75) is 19.9 Å². The first-order valence-electron chi connectivity index (χ1n) is 9.53. The van der Waals surface area contributed by atoms with E-state index in [1.807, 2.05) is 0 Å². The molecule has 1 aromatic heterocycles. The minimum atomic E-state index is -0.643. The zero-order valence-electron chi connectivity index (χ0n) is 16.8. The van der Waals surface area contributed by atoms with Gasteiger partial charge in [-0.3, -0.25) is 9.59 Å². The maximum atomic E-state index is 14.2. The van der Waals surface area contributed by atoms with E-state index in [4.69, 9.17) is 13.9 Å². The van der Waals surface area contributed by atoms with Crippen molar-refractivity contribution in [3.63, 3.8) is 0 Å². The minimum absolute atomic E-state index is 0.0148. The number of benzene rings is 2. The van der Waals surface area contributed by atoms with Gasteiger partial charge in [0.15, 0.2) is 11.5 Å². The van der Waals surface area contributed by atoms with Crippen LogP contribution in [0.1, 0.15) is 23.0 Å². The van der Waals surface area contributed by atoms with E-state index in [1.165, 1.54) is 30.5 Å². The Balaban J connectivity index is 1.41. The maximum Gasteiger partial charge on any atom is 0.259 e. The van der Waals surface area contributed by atoms with E-state index in [9.17, 15) is 14.0 Å². The fourth-order valence-electron chi connectivity index (χ4n) is 3.06. The number of carbonyl (C=O) groups excluding carboxylic acids is 2. The second kappa shape index (κ2) is 8.39. The molecule has 8 nitrogen and oxygen atoms in total. The average Bonchev–Trinajstić information content (AvgIpc) is 3.38. The van der Waals surface area contributed by atoms with E-state index in [0.717, 1.165) is 0 Å². The van der Waals surface area contributed by atoms with Gasteiger partial charge in [0, 0.05) is 17.4 Å². The van der Waals surface area contributed by atoms with E-state index in [2.05, 4.69) is 16.0 Å². The summed E-state index contributed by atoms with van der Waals surface area (Å²) in [5, 5.41) is 8.30. The Bertz CT molecular complexity index is 1140. The number of rotatable bonds is 6. The quantitative estimate of drug-likeness (QED) is 0.549. The molecule has 0 bridgehead atoms. The van der Waals surface area contributed by atoms with Crippen molar-refractivity contribution in [3.8, 4) is 11.5 Å². The number of hydrogen-bond donors (Lipinski definition) is 3. The molecule has 0 aliphatic carbocycles. The van der Waals surface area contributed by atoms with Crippen LogP contribution in [0.15, 0.2) is 53.1 Å². The van der Waals surface area contributed by atoms with Crippen molar-refractivity contribution >= 4 is 28.9 Å². The third-order valence-corrected chi connectivity index (χ3v) is 4.73. The molecular weight excluding hydrogens is 405 g/mol. The summed E-state index contributed by atoms with van der Waals surface area (Å²) in [4.78, 5) is 24.9. The molecule has 2 amide bonds. The first-order chi connectivity index (χ1) is 14.9. The molecule has 2 aromatic carbocycles. The molecule has 3 N–H and O–H groups in total. The van der Waals surface area contributed by atoms with E-state index >= 15 is 0 Å². The van der Waals surface area contributed by atoms with Gasteiger partial charge in [0.25, 0.3) is 5.91 Å². The van der Waals surface area contributed by atoms with Crippen LogP contribution in [-0.4, -0.2) is 24.6 Å². The van der Waals surface area contributed by atoms with E-state index in [-0.39, 0.29) is 18.4 Å². The highest BCUT2D eigenvalue weighted by Gasteiger charge is 2.18. The minimum Gasteiger partial charge on any atom is -0.469 e. The first kappa shape index (κ1) is 20.3. The molecule has 3 aromatic rings. The van der Waals surface area contributed by atoms with Gasteiger partial charge in [0.2, 0.25) is 12.7 Å². The lowest BCUT2D eigenvalue weighted by atomic mass is 10.2. The van der Waals surface area contributed by atoms with Crippen molar-refractivity contribution in [2.24, 2.45) is 0 Å². The summed E-state index contributed by atoms with van der Waals surface area (Å²) in [7, 11) is 0. The summed E-state index contributed by atoms with van der Waals surface area (Å²) < 4.78 is 29.9. The molecule has 0 spiro atoms. The van der Waals surface area contributed by atoms with Crippen molar-refractivity contribution in [3.05, 3.63) is 65.9 Å². The zero-order chi connectivity index (χ0) is 22.0. The summed E-state index contributed by atoms with van der Waals surface area (Å²) in [6, 6.07) is 10.1. The number of furan rings is 1. The van der Waals surface area contributed by atoms with Crippen LogP contribution in [0.5, 0.6) is 11.5 Å². The van der Waals surface area contributed by atoms with Gasteiger partial charge >= 0.3 is 0 Å². The highest BCUT2D eigenvalue weighted by molar-refractivity contribution is 6.05. The van der Waals surface area contributed by atoms with Gasteiger partial charge in [-0.05, 0) is 50.2 Å². The molecule has 0 saturated carbocycles. The van der Waals surface area contributed by atoms with E-state index in [1.54, 1.807) is 32.0 Å². The number of ether oxygens (including phenoxy) is 2. The monoisotopic (exact) mass is 425 g/mol. The Morgan fingerprint density at radius 1 is 1.00 bits per heavy atom. The number of amides is 2. The Hall–Kier alpha value is -4.01. The standard InChI is InChI=1S/C22H20FN3O5/c1-12(21(27)25-15-4-6-19-20(10-15)31-11-30-19)24-14-3-5-17(23)18(9-14)26-22(28)16-7-8-29-13(16)2/h3-10,12,24H,11H2,1-2H3,(H,25,27)(H,26,28). The Labute approximate surface area is 177 Å². The number of carbonyl (C=O) groups is 2. The molecule has 1 atom stereocenters. The molecule has 1 aliphatic rings. The molecule has 160 valence electrons. The van der Waals surface area contributed by atoms with Crippen molar-refractivity contribution in [1.82, 2.24) is 0 Å². The summed E-state index contributed by atoms with van der Waals surface area (Å²) in [6.07, 6.45) is 1.39. The normalized spacial score (nSPS) is 12.9. The molecular formula is C22H20FN3O5. The second-order valence-electron chi connectivity index (χ2n) is 6.96. The van der Waals surface area contributed by atoms with Gasteiger partial charge in [-0.2, -0.15) is 0 Å². The topological polar surface area (TPSA) is 102 Å². The Kier molecular flexibility index (Phi) is 5.48. The molecule has 2 heterocycles. The molecule has 31 heavy (non-hydrogen) atoms. The predicted octanol–water partition coefficient (Wildman–Crippen LogP) is 4.15. The highest BCUT2D eigenvalue weighted by Crippen LogP contribution is 2.34. The third-order valence-electron chi connectivity index (χ3n) is 4.73. The molecule has 0 fully saturated rings. The van der Waals surface area contributed by atoms with Crippen molar-refractivity contribution < 1.29 is 27.9 Å². The summed E-state index contributed by atoms with van der Waals surface area (Å²) in [5.41, 5.74) is 1.33. The Morgan fingerprint density at radius 2 is 1.77 bits per heavy atom. The molecule has 4 rings (SSSR count). The number of hydrogen-bond acceptors (Lipinski definition) is 6. The van der Waals surface area contributed by atoms with Crippen LogP contribution in [0.25, 0.3) is 0 Å². The summed E-state index contributed by atoms with van der Waals surface area (Å²) in [5.74, 6) is 0.220. The number of aryl methyl sites for hydroxylation is 1. The average molecular weight is 425 g/mol. The van der Waals surface area contributed by atoms with Crippen LogP contribution >= 0.6 is 0 Å². The predicted molar refractivity (Wildman–Crippen MR) is 112 cm³/mol. The van der Waals surface area contributed by atoms with Gasteiger partial charge in [0.05, 0.1) is 17.5 Å². The second-order valence-corrected chi connectivity index (χ2v) is 6.96. The van der Waals surface area contributed by atoms with Crippen LogP contribution in [0.2, 0.25) is 0 Å². The van der Waals surface area contributed by atoms with Crippen LogP contribution in [0, 0.1) is 12.7 Å². The van der Waals surface area contributed by atoms with Crippen LogP contribution < -0.4 is 25.4 Å². The zero-order valence-corrected chi connectivity index (χ0v) is 16.8. The SMILES string of the molecule is Cc1occc1C(=O)Nc1cc(NC(C)C(=O)Nc2ccc3c(c2)OCO3)ccc1F. The number of halogens is 1. The number of anilines is 3. The molecule has 0 saturated heterocycles.